The second kappa shape index (κ2) is 7.29. The standard InChI is InChI=1S/C15H18O4/c1-5-11(7-9-15(16)19-4)12-6-8-13(17-2)14(10-12)18-3/h6,8,10H,1,7,9H2,2-4H3. The maximum absolute atomic E-state index is 11.2. The fourth-order valence-electron chi connectivity index (χ4n) is 1.69. The molecule has 0 aliphatic carbocycles. The van der Waals surface area contributed by atoms with E-state index in [0.717, 1.165) is 11.1 Å². The molecule has 0 radical (unpaired) electrons. The molecule has 1 aromatic carbocycles. The molecule has 4 heteroatoms. The average molecular weight is 262 g/mol. The quantitative estimate of drug-likeness (QED) is 0.584. The van der Waals surface area contributed by atoms with Crippen LogP contribution in [0.2, 0.25) is 0 Å². The number of rotatable bonds is 6. The van der Waals surface area contributed by atoms with Crippen LogP contribution in [0.5, 0.6) is 11.5 Å². The third-order valence-electron chi connectivity index (χ3n) is 2.75. The fraction of sp³-hybridized carbons (Fsp3) is 0.333. The summed E-state index contributed by atoms with van der Waals surface area (Å²) in [4.78, 5) is 11.2. The van der Waals surface area contributed by atoms with Crippen molar-refractivity contribution in [1.82, 2.24) is 0 Å². The van der Waals surface area contributed by atoms with Crippen molar-refractivity contribution < 1.29 is 19.0 Å². The van der Waals surface area contributed by atoms with Gasteiger partial charge < -0.3 is 14.2 Å². The minimum Gasteiger partial charge on any atom is -0.493 e. The van der Waals surface area contributed by atoms with Crippen LogP contribution >= 0.6 is 0 Å². The molecule has 0 fully saturated rings. The van der Waals surface area contributed by atoms with E-state index in [1.807, 2.05) is 18.2 Å². The van der Waals surface area contributed by atoms with Gasteiger partial charge in [-0.1, -0.05) is 12.6 Å². The zero-order valence-electron chi connectivity index (χ0n) is 11.5. The summed E-state index contributed by atoms with van der Waals surface area (Å²) in [6.45, 7) is 3.65. The Morgan fingerprint density at radius 3 is 2.37 bits per heavy atom. The molecular formula is C15H18O4. The maximum atomic E-state index is 11.2. The van der Waals surface area contributed by atoms with Crippen molar-refractivity contribution in [1.29, 1.82) is 0 Å². The van der Waals surface area contributed by atoms with E-state index in [0.29, 0.717) is 24.3 Å². The molecule has 0 aliphatic heterocycles. The molecule has 4 nitrogen and oxygen atoms in total. The first-order valence-corrected chi connectivity index (χ1v) is 5.84. The molecule has 102 valence electrons. The van der Waals surface area contributed by atoms with Crippen LogP contribution < -0.4 is 9.47 Å². The SMILES string of the molecule is C=C=C(CCC(=O)OC)c1ccc(OC)c(OC)c1. The number of allylic oxidation sites excluding steroid dienone is 1. The zero-order chi connectivity index (χ0) is 14.3. The van der Waals surface area contributed by atoms with E-state index < -0.39 is 0 Å². The number of esters is 1. The summed E-state index contributed by atoms with van der Waals surface area (Å²) in [6, 6.07) is 5.53. The van der Waals surface area contributed by atoms with Crippen LogP contribution in [0, 0.1) is 0 Å². The number of hydrogen-bond donors (Lipinski definition) is 0. The lowest BCUT2D eigenvalue weighted by Gasteiger charge is -2.10. The largest absolute Gasteiger partial charge is 0.493 e. The van der Waals surface area contributed by atoms with E-state index in [2.05, 4.69) is 17.0 Å². The number of carbonyl (C=O) groups is 1. The van der Waals surface area contributed by atoms with Gasteiger partial charge in [0.1, 0.15) is 0 Å². The molecule has 0 aliphatic rings. The average Bonchev–Trinajstić information content (AvgIpc) is 2.47. The Morgan fingerprint density at radius 1 is 1.16 bits per heavy atom. The van der Waals surface area contributed by atoms with Crippen LogP contribution in [0.4, 0.5) is 0 Å². The van der Waals surface area contributed by atoms with Gasteiger partial charge in [0.25, 0.3) is 0 Å². The Balaban J connectivity index is 2.94. The van der Waals surface area contributed by atoms with Crippen molar-refractivity contribution in [2.24, 2.45) is 0 Å². The normalized spacial score (nSPS) is 9.42. The van der Waals surface area contributed by atoms with E-state index in [9.17, 15) is 4.79 Å². The number of carbonyl (C=O) groups excluding carboxylic acids is 1. The van der Waals surface area contributed by atoms with Crippen molar-refractivity contribution >= 4 is 11.5 Å². The highest BCUT2D eigenvalue weighted by Crippen LogP contribution is 2.31. The first-order chi connectivity index (χ1) is 9.15. The van der Waals surface area contributed by atoms with Gasteiger partial charge in [-0.2, -0.15) is 0 Å². The summed E-state index contributed by atoms with van der Waals surface area (Å²) in [5.74, 6) is 1.03. The Hall–Kier alpha value is -2.19. The number of ether oxygens (including phenoxy) is 3. The third-order valence-corrected chi connectivity index (χ3v) is 2.75. The van der Waals surface area contributed by atoms with Crippen molar-refractivity contribution in [3.05, 3.63) is 36.1 Å². The van der Waals surface area contributed by atoms with Gasteiger partial charge in [-0.25, -0.2) is 0 Å². The van der Waals surface area contributed by atoms with E-state index in [1.54, 1.807) is 14.2 Å². The molecule has 0 spiro atoms. The Morgan fingerprint density at radius 2 is 1.84 bits per heavy atom. The molecule has 0 unspecified atom stereocenters. The molecular weight excluding hydrogens is 244 g/mol. The van der Waals surface area contributed by atoms with Crippen LogP contribution in [0.15, 0.2) is 30.5 Å². The van der Waals surface area contributed by atoms with Crippen molar-refractivity contribution in [2.45, 2.75) is 12.8 Å². The summed E-state index contributed by atoms with van der Waals surface area (Å²) in [5, 5.41) is 0. The minimum absolute atomic E-state index is 0.256. The predicted molar refractivity (Wildman–Crippen MR) is 73.3 cm³/mol. The Labute approximate surface area is 113 Å². The number of benzene rings is 1. The van der Waals surface area contributed by atoms with Crippen molar-refractivity contribution in [3.8, 4) is 11.5 Å². The van der Waals surface area contributed by atoms with Crippen LogP contribution in [0.3, 0.4) is 0 Å². The van der Waals surface area contributed by atoms with E-state index in [-0.39, 0.29) is 5.97 Å². The van der Waals surface area contributed by atoms with Gasteiger partial charge in [0.05, 0.1) is 27.8 Å². The van der Waals surface area contributed by atoms with E-state index >= 15 is 0 Å². The van der Waals surface area contributed by atoms with E-state index in [4.69, 9.17) is 9.47 Å². The van der Waals surface area contributed by atoms with Crippen molar-refractivity contribution in [3.63, 3.8) is 0 Å². The van der Waals surface area contributed by atoms with Crippen LogP contribution in [0.25, 0.3) is 5.57 Å². The van der Waals surface area contributed by atoms with Gasteiger partial charge in [0.2, 0.25) is 0 Å². The molecule has 0 saturated carbocycles. The number of hydrogen-bond acceptors (Lipinski definition) is 4. The highest BCUT2D eigenvalue weighted by atomic mass is 16.5. The fourth-order valence-corrected chi connectivity index (χ4v) is 1.69. The minimum atomic E-state index is -0.256. The first-order valence-electron chi connectivity index (χ1n) is 5.84. The molecule has 0 N–H and O–H groups in total. The topological polar surface area (TPSA) is 44.8 Å². The van der Waals surface area contributed by atoms with Gasteiger partial charge in [-0.3, -0.25) is 4.79 Å². The van der Waals surface area contributed by atoms with Crippen LogP contribution in [-0.4, -0.2) is 27.3 Å². The van der Waals surface area contributed by atoms with Gasteiger partial charge >= 0.3 is 5.97 Å². The molecule has 19 heavy (non-hydrogen) atoms. The molecule has 1 aromatic rings. The third kappa shape index (κ3) is 3.90. The molecule has 0 aromatic heterocycles. The van der Waals surface area contributed by atoms with Crippen molar-refractivity contribution in [2.75, 3.05) is 21.3 Å². The highest BCUT2D eigenvalue weighted by molar-refractivity contribution is 5.74. The molecule has 0 heterocycles. The second-order valence-electron chi connectivity index (χ2n) is 3.80. The first kappa shape index (κ1) is 14.9. The Kier molecular flexibility index (Phi) is 5.71. The number of methoxy groups -OCH3 is 3. The molecule has 0 saturated heterocycles. The zero-order valence-corrected chi connectivity index (χ0v) is 11.5. The molecule has 0 atom stereocenters. The summed E-state index contributed by atoms with van der Waals surface area (Å²) >= 11 is 0. The summed E-state index contributed by atoms with van der Waals surface area (Å²) in [5.41, 5.74) is 4.59. The molecule has 0 bridgehead atoms. The van der Waals surface area contributed by atoms with Gasteiger partial charge in [0.15, 0.2) is 11.5 Å². The van der Waals surface area contributed by atoms with E-state index in [1.165, 1.54) is 7.11 Å². The molecule has 0 amide bonds. The lowest BCUT2D eigenvalue weighted by atomic mass is 10.0. The molecule has 1 rings (SSSR count). The Bertz CT molecular complexity index is 499. The van der Waals surface area contributed by atoms with Gasteiger partial charge in [-0.15, -0.1) is 5.73 Å². The summed E-state index contributed by atoms with van der Waals surface area (Å²) in [6.07, 6.45) is 0.814. The van der Waals surface area contributed by atoms with Crippen LogP contribution in [0.1, 0.15) is 18.4 Å². The smallest absolute Gasteiger partial charge is 0.305 e. The predicted octanol–water partition coefficient (Wildman–Crippen LogP) is 2.83. The van der Waals surface area contributed by atoms with Crippen LogP contribution in [-0.2, 0) is 9.53 Å². The lowest BCUT2D eigenvalue weighted by molar-refractivity contribution is -0.140. The summed E-state index contributed by atoms with van der Waals surface area (Å²) in [7, 11) is 4.53. The maximum Gasteiger partial charge on any atom is 0.305 e. The monoisotopic (exact) mass is 262 g/mol. The lowest BCUT2D eigenvalue weighted by Crippen LogP contribution is -2.00. The van der Waals surface area contributed by atoms with Gasteiger partial charge in [-0.05, 0) is 24.1 Å². The second-order valence-corrected chi connectivity index (χ2v) is 3.80. The summed E-state index contributed by atoms with van der Waals surface area (Å²) < 4.78 is 15.0. The van der Waals surface area contributed by atoms with Gasteiger partial charge in [0, 0.05) is 5.57 Å². The highest BCUT2D eigenvalue weighted by Gasteiger charge is 2.09.